The van der Waals surface area contributed by atoms with Crippen LogP contribution in [0.5, 0.6) is 0 Å². The lowest BCUT2D eigenvalue weighted by Gasteiger charge is -2.12. The molecule has 0 aliphatic carbocycles. The highest BCUT2D eigenvalue weighted by Crippen LogP contribution is 2.21. The molecule has 4 nitrogen and oxygen atoms in total. The van der Waals surface area contributed by atoms with E-state index in [1.54, 1.807) is 0 Å². The van der Waals surface area contributed by atoms with Crippen LogP contribution < -0.4 is 10.6 Å². The van der Waals surface area contributed by atoms with Gasteiger partial charge in [-0.05, 0) is 50.5 Å². The third-order valence-corrected chi connectivity index (χ3v) is 4.20. The van der Waals surface area contributed by atoms with Crippen molar-refractivity contribution in [2.75, 3.05) is 10.6 Å². The van der Waals surface area contributed by atoms with Crippen LogP contribution in [0, 0.1) is 27.7 Å². The minimum Gasteiger partial charge on any atom is -0.350 e. The molecule has 0 bridgehead atoms. The van der Waals surface area contributed by atoms with Crippen LogP contribution >= 0.6 is 0 Å². The zero-order valence-electron chi connectivity index (χ0n) is 15.2. The fourth-order valence-corrected chi connectivity index (χ4v) is 2.79. The normalized spacial score (nSPS) is 10.6. The zero-order valence-corrected chi connectivity index (χ0v) is 15.2. The Morgan fingerprint density at radius 2 is 1.64 bits per heavy atom. The summed E-state index contributed by atoms with van der Waals surface area (Å²) in [5.41, 5.74) is 6.95. The first-order chi connectivity index (χ1) is 12.0. The second-order valence-electron chi connectivity index (χ2n) is 6.44. The summed E-state index contributed by atoms with van der Waals surface area (Å²) in [6.07, 6.45) is 0. The van der Waals surface area contributed by atoms with E-state index >= 15 is 0 Å². The lowest BCUT2D eigenvalue weighted by molar-refractivity contribution is 1.02. The quantitative estimate of drug-likeness (QED) is 0.685. The number of aryl methyl sites for hydroxylation is 4. The van der Waals surface area contributed by atoms with Gasteiger partial charge in [0, 0.05) is 24.0 Å². The van der Waals surface area contributed by atoms with E-state index in [2.05, 4.69) is 71.7 Å². The molecular weight excluding hydrogens is 308 g/mol. The molecule has 0 fully saturated rings. The molecule has 0 saturated heterocycles. The molecule has 0 aliphatic rings. The van der Waals surface area contributed by atoms with Gasteiger partial charge in [-0.3, -0.25) is 0 Å². The number of rotatable bonds is 5. The fourth-order valence-electron chi connectivity index (χ4n) is 2.79. The van der Waals surface area contributed by atoms with Crippen molar-refractivity contribution in [2.24, 2.45) is 0 Å². The van der Waals surface area contributed by atoms with Gasteiger partial charge in [0.05, 0.1) is 0 Å². The molecule has 3 rings (SSSR count). The van der Waals surface area contributed by atoms with Crippen LogP contribution in [0.15, 0.2) is 48.5 Å². The highest BCUT2D eigenvalue weighted by Gasteiger charge is 2.05. The van der Waals surface area contributed by atoms with Gasteiger partial charge in [-0.2, -0.15) is 4.98 Å². The number of nitrogens with one attached hydrogen (secondary N) is 2. The summed E-state index contributed by atoms with van der Waals surface area (Å²) in [7, 11) is 0. The third-order valence-electron chi connectivity index (χ3n) is 4.20. The Balaban J connectivity index is 1.77. The Morgan fingerprint density at radius 3 is 2.40 bits per heavy atom. The summed E-state index contributed by atoms with van der Waals surface area (Å²) in [6.45, 7) is 8.99. The van der Waals surface area contributed by atoms with Crippen LogP contribution in [-0.4, -0.2) is 9.97 Å². The van der Waals surface area contributed by atoms with Crippen molar-refractivity contribution < 1.29 is 0 Å². The Kier molecular flexibility index (Phi) is 4.98. The van der Waals surface area contributed by atoms with Crippen LogP contribution in [0.4, 0.5) is 17.5 Å². The third kappa shape index (κ3) is 4.35. The smallest absolute Gasteiger partial charge is 0.225 e. The van der Waals surface area contributed by atoms with Gasteiger partial charge in [0.25, 0.3) is 0 Å². The second kappa shape index (κ2) is 7.34. The molecule has 128 valence electrons. The molecule has 1 heterocycles. The molecule has 2 N–H and O–H groups in total. The summed E-state index contributed by atoms with van der Waals surface area (Å²) >= 11 is 0. The van der Waals surface area contributed by atoms with Crippen molar-refractivity contribution >= 4 is 17.5 Å². The molecule has 2 aromatic carbocycles. The summed E-state index contributed by atoms with van der Waals surface area (Å²) in [6, 6.07) is 16.6. The summed E-state index contributed by atoms with van der Waals surface area (Å²) in [5.74, 6) is 1.43. The lowest BCUT2D eigenvalue weighted by Crippen LogP contribution is -2.07. The van der Waals surface area contributed by atoms with Gasteiger partial charge in [0.1, 0.15) is 5.82 Å². The van der Waals surface area contributed by atoms with E-state index in [9.17, 15) is 0 Å². The molecule has 0 aliphatic heterocycles. The van der Waals surface area contributed by atoms with Crippen molar-refractivity contribution in [3.05, 3.63) is 76.5 Å². The van der Waals surface area contributed by atoms with Crippen LogP contribution in [0.3, 0.4) is 0 Å². The molecular formula is C21H24N4. The number of hydrogen-bond acceptors (Lipinski definition) is 4. The molecule has 0 amide bonds. The van der Waals surface area contributed by atoms with Crippen LogP contribution in [0.2, 0.25) is 0 Å². The number of nitrogens with zero attached hydrogens (tertiary/aromatic N) is 2. The van der Waals surface area contributed by atoms with E-state index in [0.717, 1.165) is 17.2 Å². The van der Waals surface area contributed by atoms with E-state index < -0.39 is 0 Å². The van der Waals surface area contributed by atoms with Crippen molar-refractivity contribution in [3.8, 4) is 0 Å². The topological polar surface area (TPSA) is 49.8 Å². The standard InChI is InChI=1S/C21H24N4/c1-14-9-10-19(16(3)11-14)24-20-12-17(4)23-21(25-20)22-13-18-8-6-5-7-15(18)2/h5-12H,13H2,1-4H3,(H2,22,23,24,25). The molecule has 25 heavy (non-hydrogen) atoms. The van der Waals surface area contributed by atoms with Gasteiger partial charge in [-0.25, -0.2) is 4.98 Å². The van der Waals surface area contributed by atoms with E-state index in [-0.39, 0.29) is 0 Å². The molecule has 1 aromatic heterocycles. The first-order valence-corrected chi connectivity index (χ1v) is 8.49. The molecule has 3 aromatic rings. The first-order valence-electron chi connectivity index (χ1n) is 8.49. The summed E-state index contributed by atoms with van der Waals surface area (Å²) in [4.78, 5) is 9.10. The van der Waals surface area contributed by atoms with Gasteiger partial charge >= 0.3 is 0 Å². The van der Waals surface area contributed by atoms with Gasteiger partial charge < -0.3 is 10.6 Å². The summed E-state index contributed by atoms with van der Waals surface area (Å²) < 4.78 is 0. The molecule has 0 unspecified atom stereocenters. The van der Waals surface area contributed by atoms with Gasteiger partial charge in [-0.15, -0.1) is 0 Å². The maximum absolute atomic E-state index is 4.60. The lowest BCUT2D eigenvalue weighted by atomic mass is 10.1. The molecule has 0 spiro atoms. The van der Waals surface area contributed by atoms with E-state index in [1.165, 1.54) is 22.3 Å². The van der Waals surface area contributed by atoms with Crippen molar-refractivity contribution in [2.45, 2.75) is 34.2 Å². The van der Waals surface area contributed by atoms with Crippen LogP contribution in [-0.2, 0) is 6.54 Å². The van der Waals surface area contributed by atoms with Crippen molar-refractivity contribution in [3.63, 3.8) is 0 Å². The predicted molar refractivity (Wildman–Crippen MR) is 104 cm³/mol. The highest BCUT2D eigenvalue weighted by atomic mass is 15.1. The van der Waals surface area contributed by atoms with E-state index in [1.807, 2.05) is 25.1 Å². The number of anilines is 3. The van der Waals surface area contributed by atoms with E-state index in [4.69, 9.17) is 0 Å². The number of hydrogen-bond donors (Lipinski definition) is 2. The van der Waals surface area contributed by atoms with Crippen LogP contribution in [0.25, 0.3) is 0 Å². The zero-order chi connectivity index (χ0) is 17.8. The maximum atomic E-state index is 4.60. The SMILES string of the molecule is Cc1ccc(Nc2cc(C)nc(NCc3ccccc3C)n2)c(C)c1. The highest BCUT2D eigenvalue weighted by molar-refractivity contribution is 5.61. The number of aromatic nitrogens is 2. The molecule has 0 radical (unpaired) electrons. The average Bonchev–Trinajstić information content (AvgIpc) is 2.56. The molecule has 0 saturated carbocycles. The Bertz CT molecular complexity index is 887. The minimum atomic E-state index is 0.635. The minimum absolute atomic E-state index is 0.635. The van der Waals surface area contributed by atoms with Gasteiger partial charge in [0.2, 0.25) is 5.95 Å². The van der Waals surface area contributed by atoms with Crippen molar-refractivity contribution in [1.82, 2.24) is 9.97 Å². The largest absolute Gasteiger partial charge is 0.350 e. The predicted octanol–water partition coefficient (Wildman–Crippen LogP) is 5.07. The maximum Gasteiger partial charge on any atom is 0.225 e. The van der Waals surface area contributed by atoms with Crippen LogP contribution in [0.1, 0.15) is 27.9 Å². The fraction of sp³-hybridized carbons (Fsp3) is 0.238. The molecule has 4 heteroatoms. The Hall–Kier alpha value is -2.88. The number of benzene rings is 2. The van der Waals surface area contributed by atoms with E-state index in [0.29, 0.717) is 12.5 Å². The molecule has 0 atom stereocenters. The summed E-state index contributed by atoms with van der Waals surface area (Å²) in [5, 5.41) is 6.73. The average molecular weight is 332 g/mol. The van der Waals surface area contributed by atoms with Gasteiger partial charge in [-0.1, -0.05) is 42.0 Å². The Labute approximate surface area is 149 Å². The first kappa shape index (κ1) is 17.0. The second-order valence-corrected chi connectivity index (χ2v) is 6.44. The monoisotopic (exact) mass is 332 g/mol. The van der Waals surface area contributed by atoms with Crippen molar-refractivity contribution in [1.29, 1.82) is 0 Å². The Morgan fingerprint density at radius 1 is 0.840 bits per heavy atom. The van der Waals surface area contributed by atoms with Gasteiger partial charge in [0.15, 0.2) is 0 Å².